The highest BCUT2D eigenvalue weighted by molar-refractivity contribution is 5.95. The smallest absolute Gasteiger partial charge is 0.324 e. The van der Waals surface area contributed by atoms with Gasteiger partial charge in [-0.1, -0.05) is 29.3 Å². The van der Waals surface area contributed by atoms with E-state index in [0.29, 0.717) is 36.2 Å². The second-order valence-electron chi connectivity index (χ2n) is 15.5. The van der Waals surface area contributed by atoms with Crippen molar-refractivity contribution in [3.05, 3.63) is 107 Å². The average Bonchev–Trinajstić information content (AvgIpc) is 3.82. The summed E-state index contributed by atoms with van der Waals surface area (Å²) in [6.45, 7) is 3.89. The number of esters is 1. The molecule has 2 aliphatic rings. The number of benzene rings is 3. The third-order valence-corrected chi connectivity index (χ3v) is 11.3. The molecule has 320 valence electrons. The fourth-order valence-electron chi connectivity index (χ4n) is 8.29. The minimum Gasteiger partial charge on any atom is -0.508 e. The van der Waals surface area contributed by atoms with E-state index in [1.807, 2.05) is 38.1 Å². The highest BCUT2D eigenvalue weighted by atomic mass is 16.8. The number of rotatable bonds is 12. The molecule has 3 aromatic carbocycles. The van der Waals surface area contributed by atoms with Crippen molar-refractivity contribution in [1.29, 1.82) is 0 Å². The molecule has 8 rings (SSSR count). The normalized spacial score (nSPS) is 24.0. The molecule has 2 aliphatic heterocycles. The number of carboxylic acid groups (broad SMARTS) is 1. The van der Waals surface area contributed by atoms with Crippen LogP contribution in [0.2, 0.25) is 0 Å². The zero-order chi connectivity index (χ0) is 43.1. The molecule has 2 saturated heterocycles. The molecular formula is C44H45N3O14. The molecule has 3 aromatic heterocycles. The maximum Gasteiger partial charge on any atom is 0.324 e. The Labute approximate surface area is 347 Å². The maximum absolute atomic E-state index is 13.5. The first-order chi connectivity index (χ1) is 29.3. The van der Waals surface area contributed by atoms with E-state index in [9.17, 15) is 45.0 Å². The lowest BCUT2D eigenvalue weighted by atomic mass is 9.83. The van der Waals surface area contributed by atoms with Crippen LogP contribution >= 0.6 is 0 Å². The second kappa shape index (κ2) is 17.0. The van der Waals surface area contributed by atoms with E-state index in [2.05, 4.69) is 10.3 Å². The third kappa shape index (κ3) is 8.18. The van der Waals surface area contributed by atoms with Crippen LogP contribution < -0.4 is 20.3 Å². The molecule has 0 aliphatic carbocycles. The molecule has 17 nitrogen and oxygen atoms in total. The summed E-state index contributed by atoms with van der Waals surface area (Å²) in [6, 6.07) is 17.0. The van der Waals surface area contributed by atoms with Gasteiger partial charge < -0.3 is 64.4 Å². The predicted octanol–water partition coefficient (Wildman–Crippen LogP) is 2.98. The molecule has 17 heteroatoms. The number of aromatic amines is 1. The van der Waals surface area contributed by atoms with E-state index in [4.69, 9.17) is 23.5 Å². The lowest BCUT2D eigenvalue weighted by Gasteiger charge is -2.43. The summed E-state index contributed by atoms with van der Waals surface area (Å²) in [5.41, 5.74) is 4.48. The van der Waals surface area contributed by atoms with Crippen LogP contribution in [0.15, 0.2) is 94.6 Å². The Morgan fingerprint density at radius 3 is 2.46 bits per heavy atom. The first-order valence-electron chi connectivity index (χ1n) is 19.7. The summed E-state index contributed by atoms with van der Waals surface area (Å²) in [4.78, 5) is 49.0. The average molecular weight is 840 g/mol. The van der Waals surface area contributed by atoms with Gasteiger partial charge in [-0.25, -0.2) is 0 Å². The molecule has 0 bridgehead atoms. The van der Waals surface area contributed by atoms with Gasteiger partial charge in [-0.2, -0.15) is 4.73 Å². The number of phenols is 1. The van der Waals surface area contributed by atoms with Crippen LogP contribution in [0.25, 0.3) is 44.3 Å². The summed E-state index contributed by atoms with van der Waals surface area (Å²) < 4.78 is 24.8. The minimum absolute atomic E-state index is 0.0294. The molecule has 8 N–H and O–H groups in total. The number of nitrogens with one attached hydrogen (secondary N) is 2. The second-order valence-corrected chi connectivity index (χ2v) is 15.5. The lowest BCUT2D eigenvalue weighted by molar-refractivity contribution is -0.318. The fourth-order valence-corrected chi connectivity index (χ4v) is 8.29. The summed E-state index contributed by atoms with van der Waals surface area (Å²) in [6.07, 6.45) is -5.58. The van der Waals surface area contributed by atoms with Gasteiger partial charge >= 0.3 is 11.9 Å². The van der Waals surface area contributed by atoms with Gasteiger partial charge in [0.1, 0.15) is 41.2 Å². The van der Waals surface area contributed by atoms with Crippen molar-refractivity contribution in [3.63, 3.8) is 0 Å². The maximum atomic E-state index is 13.5. The largest absolute Gasteiger partial charge is 0.508 e. The molecule has 0 amide bonds. The number of H-pyrrole nitrogens is 1. The molecule has 61 heavy (non-hydrogen) atoms. The highest BCUT2D eigenvalue weighted by Crippen LogP contribution is 2.34. The molecule has 0 radical (unpaired) electrons. The molecule has 0 saturated carbocycles. The van der Waals surface area contributed by atoms with Crippen LogP contribution in [0.4, 0.5) is 0 Å². The van der Waals surface area contributed by atoms with Crippen LogP contribution in [-0.2, 0) is 19.1 Å². The van der Waals surface area contributed by atoms with Crippen molar-refractivity contribution in [2.75, 3.05) is 13.2 Å². The van der Waals surface area contributed by atoms with Crippen LogP contribution in [0.5, 0.6) is 11.5 Å². The van der Waals surface area contributed by atoms with Crippen LogP contribution in [0, 0.1) is 25.7 Å². The van der Waals surface area contributed by atoms with Crippen LogP contribution in [-0.4, -0.2) is 108 Å². The van der Waals surface area contributed by atoms with Gasteiger partial charge in [-0.05, 0) is 87.2 Å². The van der Waals surface area contributed by atoms with Crippen molar-refractivity contribution < 1.29 is 63.7 Å². The summed E-state index contributed by atoms with van der Waals surface area (Å²) in [5.74, 6) is -5.29. The van der Waals surface area contributed by atoms with E-state index >= 15 is 0 Å². The highest BCUT2D eigenvalue weighted by Gasteiger charge is 2.52. The number of aryl methyl sites for hydroxylation is 2. The number of piperidine rings is 1. The zero-order valence-electron chi connectivity index (χ0n) is 33.0. The number of hydrogen-bond donors (Lipinski definition) is 8. The van der Waals surface area contributed by atoms with Crippen molar-refractivity contribution in [3.8, 4) is 33.9 Å². The topological polar surface area (TPSA) is 255 Å². The molecule has 5 heterocycles. The Morgan fingerprint density at radius 1 is 0.984 bits per heavy atom. The Bertz CT molecular complexity index is 2600. The Hall–Kier alpha value is -6.21. The van der Waals surface area contributed by atoms with Crippen LogP contribution in [0.3, 0.4) is 0 Å². The standard InChI is InChI=1S/C44H45N3O14/c1-21-14-22(2)16-26(15-21)35-34-24(11-13-46-34)18-47(35)61-40-38(52)37(51)39(43(56)60-42(55)32(41(53)54)33-25(19-48)4-3-12-45-33)59-44(40)58-28-9-10-29-31(17-28)57-20-30(36(29)50)23-5-7-27(49)8-6-23/h5-11,13-18,20,25,32-33,37-40,43-46,48-49,51-52,56H,3-4,12,19H2,1-2H3,(H,53,54). The van der Waals surface area contributed by atoms with E-state index in [1.165, 1.54) is 41.3 Å². The number of carbonyl (C=O) groups is 2. The number of fused-ring (bicyclic) bond motifs is 2. The van der Waals surface area contributed by atoms with E-state index < -0.39 is 73.4 Å². The van der Waals surface area contributed by atoms with Gasteiger partial charge in [0.15, 0.2) is 17.5 Å². The van der Waals surface area contributed by atoms with Gasteiger partial charge in [-0.3, -0.25) is 14.4 Å². The quantitative estimate of drug-likeness (QED) is 0.0501. The van der Waals surface area contributed by atoms with Gasteiger partial charge in [0.05, 0.1) is 22.7 Å². The number of nitrogens with zero attached hydrogens (tertiary/aromatic N) is 1. The number of aliphatic hydroxyl groups is 4. The third-order valence-electron chi connectivity index (χ3n) is 11.3. The van der Waals surface area contributed by atoms with Gasteiger partial charge in [-0.15, -0.1) is 0 Å². The fraction of sp³-hybridized carbons (Fsp3) is 0.341. The first kappa shape index (κ1) is 41.5. The first-order valence-corrected chi connectivity index (χ1v) is 19.7. The number of carbonyl (C=O) groups excluding carboxylic acids is 1. The molecule has 9 atom stereocenters. The number of hydrogen-bond acceptors (Lipinski definition) is 14. The number of carboxylic acids is 1. The number of ether oxygens (including phenoxy) is 3. The van der Waals surface area contributed by atoms with Gasteiger partial charge in [0, 0.05) is 35.9 Å². The van der Waals surface area contributed by atoms with E-state index in [0.717, 1.165) is 22.1 Å². The van der Waals surface area contributed by atoms with Crippen LogP contribution in [0.1, 0.15) is 24.0 Å². The monoisotopic (exact) mass is 839 g/mol. The number of aliphatic carboxylic acids is 1. The number of aliphatic hydroxyl groups excluding tert-OH is 4. The van der Waals surface area contributed by atoms with Crippen molar-refractivity contribution in [1.82, 2.24) is 15.0 Å². The molecule has 9 unspecified atom stereocenters. The zero-order valence-corrected chi connectivity index (χ0v) is 33.0. The molecule has 2 fully saturated rings. The summed E-state index contributed by atoms with van der Waals surface area (Å²) in [5, 5.41) is 68.1. The Balaban J connectivity index is 1.13. The predicted molar refractivity (Wildman–Crippen MR) is 217 cm³/mol. The number of aromatic nitrogens is 2. The van der Waals surface area contributed by atoms with Crippen molar-refractivity contribution in [2.24, 2.45) is 11.8 Å². The van der Waals surface area contributed by atoms with Crippen molar-refractivity contribution >= 4 is 33.8 Å². The summed E-state index contributed by atoms with van der Waals surface area (Å²) in [7, 11) is 0. The SMILES string of the molecule is Cc1cc(C)cc(-c2c3[nH]ccc3cn2OC2C(Oc3ccc4c(=O)c(-c5ccc(O)cc5)coc4c3)OC(C(O)OC(=O)C(C(=O)O)C3NCCCC3CO)C(O)C2O)c1. The molecular weight excluding hydrogens is 794 g/mol. The van der Waals surface area contributed by atoms with E-state index in [1.54, 1.807) is 24.5 Å². The van der Waals surface area contributed by atoms with Gasteiger partial charge in [0.2, 0.25) is 18.7 Å². The summed E-state index contributed by atoms with van der Waals surface area (Å²) >= 11 is 0. The minimum atomic E-state index is -2.33. The lowest BCUT2D eigenvalue weighted by Crippen LogP contribution is -2.65. The molecule has 0 spiro atoms. The Kier molecular flexibility index (Phi) is 11.6. The van der Waals surface area contributed by atoms with Crippen molar-refractivity contribution in [2.45, 2.75) is 69.7 Å². The van der Waals surface area contributed by atoms with E-state index in [-0.39, 0.29) is 33.5 Å². The Morgan fingerprint density at radius 2 is 1.74 bits per heavy atom. The molecule has 6 aromatic rings. The number of aromatic hydroxyl groups is 1. The number of phenolic OH excluding ortho intramolecular Hbond substituents is 1. The van der Waals surface area contributed by atoms with Gasteiger partial charge in [0.25, 0.3) is 0 Å².